The second-order valence-electron chi connectivity index (χ2n) is 7.08. The number of nitrogens with zero attached hydrogens (tertiary/aromatic N) is 2. The van der Waals surface area contributed by atoms with Crippen molar-refractivity contribution in [1.82, 2.24) is 9.88 Å². The van der Waals surface area contributed by atoms with Crippen LogP contribution < -0.4 is 5.32 Å². The van der Waals surface area contributed by atoms with Gasteiger partial charge in [-0.1, -0.05) is 19.9 Å². The van der Waals surface area contributed by atoms with Crippen LogP contribution >= 0.6 is 0 Å². The third-order valence-corrected chi connectivity index (χ3v) is 4.74. The van der Waals surface area contributed by atoms with E-state index in [2.05, 4.69) is 10.3 Å². The average Bonchev–Trinajstić information content (AvgIpc) is 3.21. The van der Waals surface area contributed by atoms with Gasteiger partial charge in [-0.15, -0.1) is 0 Å². The fourth-order valence-electron chi connectivity index (χ4n) is 3.19. The molecule has 1 aromatic carbocycles. The molecule has 2 amide bonds. The van der Waals surface area contributed by atoms with Crippen LogP contribution in [-0.4, -0.2) is 34.3 Å². The van der Waals surface area contributed by atoms with Crippen molar-refractivity contribution in [3.63, 3.8) is 0 Å². The minimum Gasteiger partial charge on any atom is -0.441 e. The molecule has 1 N–H and O–H groups in total. The van der Waals surface area contributed by atoms with Gasteiger partial charge in [0.25, 0.3) is 0 Å². The molecule has 3 rings (SSSR count). The Bertz CT molecular complexity index is 806. The molecule has 1 unspecified atom stereocenters. The van der Waals surface area contributed by atoms with Crippen molar-refractivity contribution >= 4 is 17.5 Å². The number of benzene rings is 1. The normalized spacial score (nSPS) is 17.0. The zero-order chi connectivity index (χ0) is 18.8. The lowest BCUT2D eigenvalue weighted by Gasteiger charge is -2.25. The number of aromatic nitrogens is 1. The summed E-state index contributed by atoms with van der Waals surface area (Å²) < 4.78 is 5.66. The first-order valence-corrected chi connectivity index (χ1v) is 9.02. The molecule has 0 saturated carbocycles. The summed E-state index contributed by atoms with van der Waals surface area (Å²) in [5, 5.41) is 2.94. The van der Waals surface area contributed by atoms with Gasteiger partial charge in [-0.3, -0.25) is 9.59 Å². The third kappa shape index (κ3) is 3.64. The highest BCUT2D eigenvalue weighted by Gasteiger charge is 2.34. The van der Waals surface area contributed by atoms with Gasteiger partial charge in [0.2, 0.25) is 17.7 Å². The summed E-state index contributed by atoms with van der Waals surface area (Å²) in [5.41, 5.74) is 2.33. The van der Waals surface area contributed by atoms with E-state index in [1.807, 2.05) is 52.0 Å². The molecule has 0 bridgehead atoms. The highest BCUT2D eigenvalue weighted by atomic mass is 16.4. The largest absolute Gasteiger partial charge is 0.441 e. The number of amides is 2. The van der Waals surface area contributed by atoms with E-state index >= 15 is 0 Å². The van der Waals surface area contributed by atoms with Gasteiger partial charge in [0.05, 0.1) is 5.69 Å². The van der Waals surface area contributed by atoms with Crippen LogP contribution in [0.1, 0.15) is 38.1 Å². The van der Waals surface area contributed by atoms with E-state index in [4.69, 9.17) is 4.42 Å². The van der Waals surface area contributed by atoms with Gasteiger partial charge in [0, 0.05) is 23.7 Å². The summed E-state index contributed by atoms with van der Waals surface area (Å²) >= 11 is 0. The molecule has 2 aromatic rings. The molecular formula is C20H25N3O3. The SMILES string of the molecule is Cc1nc(-c2cccc(NC(=O)C3CCCN3C(=O)C(C)C)c2)oc1C. The molecular weight excluding hydrogens is 330 g/mol. The molecule has 1 atom stereocenters. The van der Waals surface area contributed by atoms with Crippen LogP contribution in [-0.2, 0) is 9.59 Å². The Labute approximate surface area is 153 Å². The Morgan fingerprint density at radius 1 is 1.31 bits per heavy atom. The maximum atomic E-state index is 12.7. The van der Waals surface area contributed by atoms with Crippen LogP contribution in [0.2, 0.25) is 0 Å². The molecule has 1 saturated heterocycles. The summed E-state index contributed by atoms with van der Waals surface area (Å²) in [5.74, 6) is 1.09. The smallest absolute Gasteiger partial charge is 0.247 e. The monoisotopic (exact) mass is 355 g/mol. The summed E-state index contributed by atoms with van der Waals surface area (Å²) in [6, 6.07) is 7.01. The molecule has 0 spiro atoms. The van der Waals surface area contributed by atoms with E-state index in [0.29, 0.717) is 24.5 Å². The topological polar surface area (TPSA) is 75.4 Å². The summed E-state index contributed by atoms with van der Waals surface area (Å²) in [6.07, 6.45) is 1.55. The van der Waals surface area contributed by atoms with Crippen molar-refractivity contribution in [3.8, 4) is 11.5 Å². The van der Waals surface area contributed by atoms with Crippen LogP contribution in [0, 0.1) is 19.8 Å². The van der Waals surface area contributed by atoms with E-state index in [1.54, 1.807) is 4.90 Å². The van der Waals surface area contributed by atoms with Crippen LogP contribution in [0.25, 0.3) is 11.5 Å². The van der Waals surface area contributed by atoms with Gasteiger partial charge in [-0.25, -0.2) is 4.98 Å². The molecule has 1 fully saturated rings. The second kappa shape index (κ2) is 7.32. The first kappa shape index (κ1) is 18.2. The number of likely N-dealkylation sites (tertiary alicyclic amines) is 1. The lowest BCUT2D eigenvalue weighted by atomic mass is 10.1. The first-order valence-electron chi connectivity index (χ1n) is 9.02. The highest BCUT2D eigenvalue weighted by Crippen LogP contribution is 2.25. The third-order valence-electron chi connectivity index (χ3n) is 4.74. The Morgan fingerprint density at radius 3 is 2.73 bits per heavy atom. The fraction of sp³-hybridized carbons (Fsp3) is 0.450. The lowest BCUT2D eigenvalue weighted by Crippen LogP contribution is -2.44. The fourth-order valence-corrected chi connectivity index (χ4v) is 3.19. The van der Waals surface area contributed by atoms with Gasteiger partial charge >= 0.3 is 0 Å². The Hall–Kier alpha value is -2.63. The number of carbonyl (C=O) groups excluding carboxylic acids is 2. The summed E-state index contributed by atoms with van der Waals surface area (Å²) in [6.45, 7) is 8.13. The van der Waals surface area contributed by atoms with Crippen LogP contribution in [0.5, 0.6) is 0 Å². The number of nitrogens with one attached hydrogen (secondary N) is 1. The molecule has 138 valence electrons. The standard InChI is InChI=1S/C20H25N3O3/c1-12(2)20(25)23-10-6-9-17(23)18(24)22-16-8-5-7-15(11-16)19-21-13(3)14(4)26-19/h5,7-8,11-12,17H,6,9-10H2,1-4H3,(H,22,24). The molecule has 0 radical (unpaired) electrons. The first-order chi connectivity index (χ1) is 12.4. The quantitative estimate of drug-likeness (QED) is 0.910. The number of anilines is 1. The maximum absolute atomic E-state index is 12.7. The number of hydrogen-bond donors (Lipinski definition) is 1. The summed E-state index contributed by atoms with van der Waals surface area (Å²) in [4.78, 5) is 31.1. The van der Waals surface area contributed by atoms with Gasteiger partial charge < -0.3 is 14.6 Å². The van der Waals surface area contributed by atoms with Crippen molar-refractivity contribution in [2.45, 2.75) is 46.6 Å². The molecule has 2 heterocycles. The molecule has 1 aliphatic heterocycles. The minimum atomic E-state index is -0.403. The lowest BCUT2D eigenvalue weighted by molar-refractivity contribution is -0.139. The molecule has 6 heteroatoms. The van der Waals surface area contributed by atoms with E-state index in [1.165, 1.54) is 0 Å². The molecule has 0 aliphatic carbocycles. The van der Waals surface area contributed by atoms with E-state index in [-0.39, 0.29) is 17.7 Å². The van der Waals surface area contributed by atoms with E-state index in [0.717, 1.165) is 23.4 Å². The Kier molecular flexibility index (Phi) is 5.11. The predicted molar refractivity (Wildman–Crippen MR) is 99.6 cm³/mol. The van der Waals surface area contributed by atoms with Gasteiger partial charge in [0.1, 0.15) is 11.8 Å². The second-order valence-corrected chi connectivity index (χ2v) is 7.08. The average molecular weight is 355 g/mol. The van der Waals surface area contributed by atoms with Crippen LogP contribution in [0.15, 0.2) is 28.7 Å². The predicted octanol–water partition coefficient (Wildman–Crippen LogP) is 3.54. The molecule has 1 aromatic heterocycles. The molecule has 1 aliphatic rings. The van der Waals surface area contributed by atoms with Crippen molar-refractivity contribution in [1.29, 1.82) is 0 Å². The molecule has 26 heavy (non-hydrogen) atoms. The van der Waals surface area contributed by atoms with Crippen molar-refractivity contribution in [3.05, 3.63) is 35.7 Å². The number of hydrogen-bond acceptors (Lipinski definition) is 4. The number of rotatable bonds is 4. The van der Waals surface area contributed by atoms with Crippen LogP contribution in [0.3, 0.4) is 0 Å². The van der Waals surface area contributed by atoms with Gasteiger partial charge in [-0.2, -0.15) is 0 Å². The maximum Gasteiger partial charge on any atom is 0.247 e. The summed E-state index contributed by atoms with van der Waals surface area (Å²) in [7, 11) is 0. The van der Waals surface area contributed by atoms with Crippen molar-refractivity contribution in [2.24, 2.45) is 5.92 Å². The molecule has 6 nitrogen and oxygen atoms in total. The minimum absolute atomic E-state index is 0.0298. The zero-order valence-corrected chi connectivity index (χ0v) is 15.7. The van der Waals surface area contributed by atoms with Crippen molar-refractivity contribution < 1.29 is 14.0 Å². The Morgan fingerprint density at radius 2 is 2.08 bits per heavy atom. The van der Waals surface area contributed by atoms with Gasteiger partial charge in [0.15, 0.2) is 0 Å². The number of oxazole rings is 1. The Balaban J connectivity index is 1.75. The van der Waals surface area contributed by atoms with Gasteiger partial charge in [-0.05, 0) is 44.9 Å². The van der Waals surface area contributed by atoms with E-state index in [9.17, 15) is 9.59 Å². The highest BCUT2D eigenvalue weighted by molar-refractivity contribution is 5.98. The zero-order valence-electron chi connectivity index (χ0n) is 15.7. The van der Waals surface area contributed by atoms with Crippen LogP contribution in [0.4, 0.5) is 5.69 Å². The number of aryl methyl sites for hydroxylation is 2. The number of carbonyl (C=O) groups is 2. The van der Waals surface area contributed by atoms with Crippen molar-refractivity contribution in [2.75, 3.05) is 11.9 Å². The van der Waals surface area contributed by atoms with E-state index < -0.39 is 6.04 Å².